The Bertz CT molecular complexity index is 562. The van der Waals surface area contributed by atoms with Gasteiger partial charge in [-0.2, -0.15) is 0 Å². The van der Waals surface area contributed by atoms with E-state index in [-0.39, 0.29) is 5.54 Å². The molecule has 1 fully saturated rings. The monoisotopic (exact) mass is 243 g/mol. The van der Waals surface area contributed by atoms with Crippen LogP contribution in [0.5, 0.6) is 0 Å². The van der Waals surface area contributed by atoms with Gasteiger partial charge in [0.1, 0.15) is 5.82 Å². The number of hydrogen-bond donors (Lipinski definition) is 2. The van der Waals surface area contributed by atoms with Gasteiger partial charge in [0.2, 0.25) is 0 Å². The van der Waals surface area contributed by atoms with E-state index < -0.39 is 0 Å². The number of aromatic amines is 1. The minimum Gasteiger partial charge on any atom is -0.340 e. The highest BCUT2D eigenvalue weighted by atomic mass is 15.0. The van der Waals surface area contributed by atoms with E-state index in [0.29, 0.717) is 0 Å². The number of nitrogens with one attached hydrogen (secondary N) is 1. The van der Waals surface area contributed by atoms with E-state index in [4.69, 9.17) is 10.7 Å². The number of fused-ring (bicyclic) bond motifs is 1. The molecule has 1 aliphatic carbocycles. The van der Waals surface area contributed by atoms with Gasteiger partial charge in [-0.25, -0.2) is 4.98 Å². The van der Waals surface area contributed by atoms with E-state index >= 15 is 0 Å². The molecule has 0 unspecified atom stereocenters. The van der Waals surface area contributed by atoms with Crippen molar-refractivity contribution in [1.82, 2.24) is 9.97 Å². The highest BCUT2D eigenvalue weighted by Crippen LogP contribution is 2.36. The van der Waals surface area contributed by atoms with E-state index in [1.165, 1.54) is 18.4 Å². The van der Waals surface area contributed by atoms with E-state index in [2.05, 4.69) is 37.0 Å². The van der Waals surface area contributed by atoms with Gasteiger partial charge in [0, 0.05) is 0 Å². The average molecular weight is 243 g/mol. The summed E-state index contributed by atoms with van der Waals surface area (Å²) < 4.78 is 0. The van der Waals surface area contributed by atoms with E-state index in [1.807, 2.05) is 0 Å². The Morgan fingerprint density at radius 2 is 2.06 bits per heavy atom. The van der Waals surface area contributed by atoms with Crippen molar-refractivity contribution in [2.24, 2.45) is 11.7 Å². The number of para-hydroxylation sites is 1. The molecule has 2 aromatic rings. The number of hydrogen-bond acceptors (Lipinski definition) is 2. The van der Waals surface area contributed by atoms with Gasteiger partial charge in [0.25, 0.3) is 0 Å². The minimum absolute atomic E-state index is 0.252. The summed E-state index contributed by atoms with van der Waals surface area (Å²) in [6.45, 7) is 4.40. The molecular weight excluding hydrogens is 222 g/mol. The smallest absolute Gasteiger partial charge is 0.127 e. The van der Waals surface area contributed by atoms with Crippen LogP contribution in [0.1, 0.15) is 44.0 Å². The topological polar surface area (TPSA) is 54.7 Å². The third-order valence-electron chi connectivity index (χ3n) is 4.35. The van der Waals surface area contributed by atoms with Crippen LogP contribution in [0.2, 0.25) is 0 Å². The third kappa shape index (κ3) is 1.83. The fraction of sp³-hybridized carbons (Fsp3) is 0.533. The van der Waals surface area contributed by atoms with Crippen molar-refractivity contribution < 1.29 is 0 Å². The quantitative estimate of drug-likeness (QED) is 0.808. The maximum absolute atomic E-state index is 6.56. The SMILES string of the molecule is Cc1cccc2[nH]c(C3(N)CCC(C)CC3)nc12. The molecule has 3 rings (SSSR count). The van der Waals surface area contributed by atoms with Crippen LogP contribution in [0.4, 0.5) is 0 Å². The van der Waals surface area contributed by atoms with Crippen LogP contribution in [0.25, 0.3) is 11.0 Å². The second-order valence-corrected chi connectivity index (χ2v) is 5.90. The summed E-state index contributed by atoms with van der Waals surface area (Å²) in [6, 6.07) is 6.23. The zero-order chi connectivity index (χ0) is 12.8. The van der Waals surface area contributed by atoms with Crippen LogP contribution in [-0.4, -0.2) is 9.97 Å². The van der Waals surface area contributed by atoms with Crippen molar-refractivity contribution in [3.8, 4) is 0 Å². The van der Waals surface area contributed by atoms with Crippen LogP contribution in [0.15, 0.2) is 18.2 Å². The summed E-state index contributed by atoms with van der Waals surface area (Å²) in [5.74, 6) is 1.77. The number of rotatable bonds is 1. The molecule has 0 saturated heterocycles. The summed E-state index contributed by atoms with van der Waals surface area (Å²) in [6.07, 6.45) is 4.47. The number of benzene rings is 1. The summed E-state index contributed by atoms with van der Waals surface area (Å²) in [4.78, 5) is 8.18. The first kappa shape index (κ1) is 11.7. The van der Waals surface area contributed by atoms with Crippen molar-refractivity contribution in [3.05, 3.63) is 29.6 Å². The molecule has 0 amide bonds. The first-order valence-electron chi connectivity index (χ1n) is 6.83. The minimum atomic E-state index is -0.252. The molecule has 0 spiro atoms. The second kappa shape index (κ2) is 4.09. The Hall–Kier alpha value is -1.35. The standard InChI is InChI=1S/C15H21N3/c1-10-6-8-15(16,9-7-10)14-17-12-5-3-4-11(2)13(12)18-14/h3-5,10H,6-9,16H2,1-2H3,(H,17,18). The molecule has 1 aromatic heterocycles. The van der Waals surface area contributed by atoms with Crippen LogP contribution < -0.4 is 5.73 Å². The average Bonchev–Trinajstić information content (AvgIpc) is 2.79. The molecule has 3 nitrogen and oxygen atoms in total. The lowest BCUT2D eigenvalue weighted by molar-refractivity contribution is 0.238. The Morgan fingerprint density at radius 1 is 1.33 bits per heavy atom. The molecule has 1 aromatic carbocycles. The molecule has 0 bridgehead atoms. The molecule has 18 heavy (non-hydrogen) atoms. The molecule has 1 heterocycles. The fourth-order valence-electron chi connectivity index (χ4n) is 2.93. The van der Waals surface area contributed by atoms with Gasteiger partial charge in [0.15, 0.2) is 0 Å². The molecule has 0 aliphatic heterocycles. The van der Waals surface area contributed by atoms with Crippen LogP contribution in [0.3, 0.4) is 0 Å². The molecule has 3 N–H and O–H groups in total. The normalized spacial score (nSPS) is 28.7. The first-order chi connectivity index (χ1) is 8.58. The Balaban J connectivity index is 2.01. The highest BCUT2D eigenvalue weighted by Gasteiger charge is 2.34. The molecule has 0 atom stereocenters. The zero-order valence-corrected chi connectivity index (χ0v) is 11.2. The van der Waals surface area contributed by atoms with Crippen molar-refractivity contribution >= 4 is 11.0 Å². The zero-order valence-electron chi connectivity index (χ0n) is 11.2. The van der Waals surface area contributed by atoms with Crippen molar-refractivity contribution in [1.29, 1.82) is 0 Å². The van der Waals surface area contributed by atoms with Gasteiger partial charge in [0.05, 0.1) is 16.6 Å². The van der Waals surface area contributed by atoms with Crippen molar-refractivity contribution in [2.45, 2.75) is 45.1 Å². The van der Waals surface area contributed by atoms with Crippen molar-refractivity contribution in [3.63, 3.8) is 0 Å². The first-order valence-corrected chi connectivity index (χ1v) is 6.83. The number of aromatic nitrogens is 2. The summed E-state index contributed by atoms with van der Waals surface area (Å²) in [5.41, 5.74) is 9.69. The summed E-state index contributed by atoms with van der Waals surface area (Å²) in [5, 5.41) is 0. The van der Waals surface area contributed by atoms with Crippen LogP contribution in [-0.2, 0) is 5.54 Å². The molecule has 1 aliphatic rings. The van der Waals surface area contributed by atoms with Crippen LogP contribution >= 0.6 is 0 Å². The van der Waals surface area contributed by atoms with E-state index in [0.717, 1.165) is 35.6 Å². The number of nitrogens with two attached hydrogens (primary N) is 1. The van der Waals surface area contributed by atoms with E-state index in [1.54, 1.807) is 0 Å². The maximum Gasteiger partial charge on any atom is 0.127 e. The summed E-state index contributed by atoms with van der Waals surface area (Å²) >= 11 is 0. The molecule has 0 radical (unpaired) electrons. The van der Waals surface area contributed by atoms with Gasteiger partial charge >= 0.3 is 0 Å². The van der Waals surface area contributed by atoms with E-state index in [9.17, 15) is 0 Å². The lowest BCUT2D eigenvalue weighted by atomic mass is 9.77. The predicted molar refractivity (Wildman–Crippen MR) is 74.3 cm³/mol. The molecule has 3 heteroatoms. The largest absolute Gasteiger partial charge is 0.340 e. The van der Waals surface area contributed by atoms with Gasteiger partial charge in [-0.15, -0.1) is 0 Å². The lowest BCUT2D eigenvalue weighted by Crippen LogP contribution is -2.41. The highest BCUT2D eigenvalue weighted by molar-refractivity contribution is 5.78. The van der Waals surface area contributed by atoms with Gasteiger partial charge in [-0.3, -0.25) is 0 Å². The molecular formula is C15H21N3. The second-order valence-electron chi connectivity index (χ2n) is 5.90. The van der Waals surface area contributed by atoms with Crippen LogP contribution in [0, 0.1) is 12.8 Å². The number of imidazole rings is 1. The third-order valence-corrected chi connectivity index (χ3v) is 4.35. The molecule has 96 valence electrons. The number of aryl methyl sites for hydroxylation is 1. The Kier molecular flexibility index (Phi) is 2.67. The lowest BCUT2D eigenvalue weighted by Gasteiger charge is -2.34. The van der Waals surface area contributed by atoms with Crippen molar-refractivity contribution in [2.75, 3.05) is 0 Å². The number of nitrogens with zero attached hydrogens (tertiary/aromatic N) is 1. The Labute approximate surface area is 108 Å². The summed E-state index contributed by atoms with van der Waals surface area (Å²) in [7, 11) is 0. The van der Waals surface area contributed by atoms with Gasteiger partial charge in [-0.05, 0) is 50.2 Å². The van der Waals surface area contributed by atoms with Gasteiger partial charge < -0.3 is 10.7 Å². The Morgan fingerprint density at radius 3 is 2.72 bits per heavy atom. The predicted octanol–water partition coefficient (Wildman–Crippen LogP) is 3.24. The maximum atomic E-state index is 6.56. The van der Waals surface area contributed by atoms with Gasteiger partial charge in [-0.1, -0.05) is 19.1 Å². The number of H-pyrrole nitrogens is 1. The molecule has 1 saturated carbocycles. The fourth-order valence-corrected chi connectivity index (χ4v) is 2.93.